The first-order chi connectivity index (χ1) is 8.70. The molecule has 5 nitrogen and oxygen atoms in total. The molecule has 2 rings (SSSR count). The maximum Gasteiger partial charge on any atom is 0.328 e. The van der Waals surface area contributed by atoms with E-state index in [1.807, 2.05) is 0 Å². The molecule has 1 aliphatic rings. The first kappa shape index (κ1) is 12.4. The molecule has 1 heterocycles. The van der Waals surface area contributed by atoms with Crippen LogP contribution in [-0.4, -0.2) is 36.0 Å². The molecule has 0 radical (unpaired) electrons. The topological polar surface area (TPSA) is 76.0 Å². The van der Waals surface area contributed by atoms with Crippen molar-refractivity contribution in [2.24, 2.45) is 0 Å². The summed E-state index contributed by atoms with van der Waals surface area (Å²) in [5.41, 5.74) is 0.947. The molecule has 0 spiro atoms. The minimum Gasteiger partial charge on any atom is -0.490 e. The molecule has 0 aromatic heterocycles. The predicted octanol–water partition coefficient (Wildman–Crippen LogP) is 1.31. The van der Waals surface area contributed by atoms with Crippen molar-refractivity contribution in [3.8, 4) is 11.5 Å². The third kappa shape index (κ3) is 2.81. The number of benzene rings is 1. The van der Waals surface area contributed by atoms with Gasteiger partial charge in [0.05, 0.1) is 19.8 Å². The molecular formula is C13H14O5. The molecule has 0 bridgehead atoms. The number of hydrogen-bond acceptors (Lipinski definition) is 4. The number of fused-ring (bicyclic) bond motifs is 1. The fourth-order valence-electron chi connectivity index (χ4n) is 1.73. The molecular weight excluding hydrogens is 236 g/mol. The van der Waals surface area contributed by atoms with E-state index in [-0.39, 0.29) is 6.61 Å². The van der Waals surface area contributed by atoms with Crippen LogP contribution in [0.4, 0.5) is 0 Å². The predicted molar refractivity (Wildman–Crippen MR) is 64.7 cm³/mol. The Labute approximate surface area is 104 Å². The van der Waals surface area contributed by atoms with E-state index >= 15 is 0 Å². The number of carboxylic acids is 1. The highest BCUT2D eigenvalue weighted by Gasteiger charge is 2.12. The number of carboxylic acid groups (broad SMARTS) is 1. The van der Waals surface area contributed by atoms with Crippen LogP contribution >= 0.6 is 0 Å². The Kier molecular flexibility index (Phi) is 3.84. The largest absolute Gasteiger partial charge is 0.490 e. The molecule has 0 aliphatic carbocycles. The molecule has 0 saturated heterocycles. The van der Waals surface area contributed by atoms with E-state index in [0.29, 0.717) is 35.8 Å². The van der Waals surface area contributed by atoms with Gasteiger partial charge in [-0.25, -0.2) is 4.79 Å². The van der Waals surface area contributed by atoms with Crippen LogP contribution in [0.15, 0.2) is 24.3 Å². The second kappa shape index (κ2) is 5.55. The molecule has 96 valence electrons. The van der Waals surface area contributed by atoms with Gasteiger partial charge in [0, 0.05) is 12.5 Å². The van der Waals surface area contributed by atoms with Crippen LogP contribution in [0.1, 0.15) is 12.0 Å². The van der Waals surface area contributed by atoms with Gasteiger partial charge >= 0.3 is 5.97 Å². The Morgan fingerprint density at radius 1 is 1.28 bits per heavy atom. The Morgan fingerprint density at radius 2 is 2.00 bits per heavy atom. The van der Waals surface area contributed by atoms with Crippen molar-refractivity contribution >= 4 is 11.5 Å². The van der Waals surface area contributed by atoms with E-state index in [4.69, 9.17) is 14.6 Å². The Morgan fingerprint density at radius 3 is 2.67 bits per heavy atom. The van der Waals surface area contributed by atoms with Gasteiger partial charge in [-0.3, -0.25) is 0 Å². The van der Waals surface area contributed by atoms with Crippen LogP contribution in [0.2, 0.25) is 0 Å². The monoisotopic (exact) mass is 250 g/mol. The summed E-state index contributed by atoms with van der Waals surface area (Å²) in [6.07, 6.45) is 1.79. The Hall–Kier alpha value is -2.01. The van der Waals surface area contributed by atoms with Crippen molar-refractivity contribution in [2.45, 2.75) is 6.42 Å². The lowest BCUT2D eigenvalue weighted by molar-refractivity contribution is -0.131. The average Bonchev–Trinajstić information content (AvgIpc) is 2.59. The first-order valence-electron chi connectivity index (χ1n) is 5.65. The molecule has 0 amide bonds. The zero-order chi connectivity index (χ0) is 13.0. The van der Waals surface area contributed by atoms with Crippen molar-refractivity contribution in [1.82, 2.24) is 0 Å². The smallest absolute Gasteiger partial charge is 0.328 e. The van der Waals surface area contributed by atoms with E-state index in [0.717, 1.165) is 12.5 Å². The van der Waals surface area contributed by atoms with E-state index < -0.39 is 5.97 Å². The number of ether oxygens (including phenoxy) is 2. The SMILES string of the molecule is O=C(O)/C=C(\CO)c1ccc2c(c1)OCCCO2. The van der Waals surface area contributed by atoms with E-state index in [1.54, 1.807) is 18.2 Å². The maximum atomic E-state index is 10.6. The van der Waals surface area contributed by atoms with Crippen LogP contribution in [0.5, 0.6) is 11.5 Å². The summed E-state index contributed by atoms with van der Waals surface area (Å²) < 4.78 is 11.0. The number of rotatable bonds is 3. The second-order valence-electron chi connectivity index (χ2n) is 3.88. The molecule has 0 saturated carbocycles. The van der Waals surface area contributed by atoms with Gasteiger partial charge in [0.2, 0.25) is 0 Å². The molecule has 1 aromatic rings. The minimum absolute atomic E-state index is 0.332. The molecule has 0 atom stereocenters. The third-order valence-corrected chi connectivity index (χ3v) is 2.59. The first-order valence-corrected chi connectivity index (χ1v) is 5.65. The van der Waals surface area contributed by atoms with Crippen LogP contribution < -0.4 is 9.47 Å². The highest BCUT2D eigenvalue weighted by atomic mass is 16.5. The molecule has 2 N–H and O–H groups in total. The molecule has 0 unspecified atom stereocenters. The molecule has 1 aromatic carbocycles. The summed E-state index contributed by atoms with van der Waals surface area (Å²) in [5, 5.41) is 17.9. The summed E-state index contributed by atoms with van der Waals surface area (Å²) >= 11 is 0. The minimum atomic E-state index is -1.09. The molecule has 5 heteroatoms. The van der Waals surface area contributed by atoms with Crippen molar-refractivity contribution < 1.29 is 24.5 Å². The van der Waals surface area contributed by atoms with Crippen molar-refractivity contribution in [1.29, 1.82) is 0 Å². The number of aliphatic hydroxyl groups excluding tert-OH is 1. The summed E-state index contributed by atoms with van der Waals surface area (Å²) in [4.78, 5) is 10.6. The standard InChI is InChI=1S/C13H14O5/c14-8-10(7-13(15)16)9-2-3-11-12(6-9)18-5-1-4-17-11/h2-3,6-7,14H,1,4-5,8H2,(H,15,16)/b10-7+. The van der Waals surface area contributed by atoms with Gasteiger partial charge in [0.15, 0.2) is 11.5 Å². The van der Waals surface area contributed by atoms with Crippen LogP contribution in [0.25, 0.3) is 5.57 Å². The van der Waals surface area contributed by atoms with Gasteiger partial charge in [-0.1, -0.05) is 6.07 Å². The lowest BCUT2D eigenvalue weighted by Gasteiger charge is -2.10. The second-order valence-corrected chi connectivity index (χ2v) is 3.88. The van der Waals surface area contributed by atoms with Gasteiger partial charge < -0.3 is 19.7 Å². The van der Waals surface area contributed by atoms with Gasteiger partial charge in [-0.15, -0.1) is 0 Å². The van der Waals surface area contributed by atoms with Crippen molar-refractivity contribution in [3.05, 3.63) is 29.8 Å². The lowest BCUT2D eigenvalue weighted by Crippen LogP contribution is -1.98. The van der Waals surface area contributed by atoms with E-state index in [2.05, 4.69) is 0 Å². The number of carbonyl (C=O) groups is 1. The summed E-state index contributed by atoms with van der Waals surface area (Å²) in [6.45, 7) is 0.823. The Balaban J connectivity index is 2.35. The molecule has 1 aliphatic heterocycles. The van der Waals surface area contributed by atoms with Gasteiger partial charge in [0.1, 0.15) is 0 Å². The lowest BCUT2D eigenvalue weighted by atomic mass is 10.1. The summed E-state index contributed by atoms with van der Waals surface area (Å²) in [7, 11) is 0. The van der Waals surface area contributed by atoms with Crippen LogP contribution in [-0.2, 0) is 4.79 Å². The van der Waals surface area contributed by atoms with Crippen LogP contribution in [0, 0.1) is 0 Å². The summed E-state index contributed by atoms with van der Waals surface area (Å²) in [6, 6.07) is 5.12. The fourth-order valence-corrected chi connectivity index (χ4v) is 1.73. The van der Waals surface area contributed by atoms with Crippen molar-refractivity contribution in [3.63, 3.8) is 0 Å². The molecule has 0 fully saturated rings. The Bertz CT molecular complexity index is 478. The van der Waals surface area contributed by atoms with Gasteiger partial charge in [-0.2, -0.15) is 0 Å². The fraction of sp³-hybridized carbons (Fsp3) is 0.308. The quantitative estimate of drug-likeness (QED) is 0.791. The van der Waals surface area contributed by atoms with Crippen LogP contribution in [0.3, 0.4) is 0 Å². The number of hydrogen-bond donors (Lipinski definition) is 2. The van der Waals surface area contributed by atoms with E-state index in [1.165, 1.54) is 0 Å². The maximum absolute atomic E-state index is 10.6. The number of aliphatic carboxylic acids is 1. The average molecular weight is 250 g/mol. The molecule has 18 heavy (non-hydrogen) atoms. The zero-order valence-corrected chi connectivity index (χ0v) is 9.76. The summed E-state index contributed by atoms with van der Waals surface area (Å²) in [5.74, 6) is 0.129. The zero-order valence-electron chi connectivity index (χ0n) is 9.76. The third-order valence-electron chi connectivity index (χ3n) is 2.59. The highest BCUT2D eigenvalue weighted by molar-refractivity contribution is 5.90. The highest BCUT2D eigenvalue weighted by Crippen LogP contribution is 2.32. The van der Waals surface area contributed by atoms with Gasteiger partial charge in [-0.05, 0) is 23.3 Å². The number of aliphatic hydroxyl groups is 1. The van der Waals surface area contributed by atoms with Gasteiger partial charge in [0.25, 0.3) is 0 Å². The normalized spacial score (nSPS) is 15.1. The van der Waals surface area contributed by atoms with Crippen molar-refractivity contribution in [2.75, 3.05) is 19.8 Å². The van der Waals surface area contributed by atoms with E-state index in [9.17, 15) is 9.90 Å².